The fraction of sp³-hybridized carbons (Fsp3) is 0.524. The molecule has 1 atom stereocenters. The first-order valence-electron chi connectivity index (χ1n) is 9.78. The highest BCUT2D eigenvalue weighted by molar-refractivity contribution is 5.76. The number of hydrogen-bond acceptors (Lipinski definition) is 3. The van der Waals surface area contributed by atoms with E-state index in [4.69, 9.17) is 0 Å². The van der Waals surface area contributed by atoms with E-state index in [1.165, 1.54) is 11.1 Å². The van der Waals surface area contributed by atoms with Gasteiger partial charge in [0.2, 0.25) is 5.91 Å². The van der Waals surface area contributed by atoms with Crippen LogP contribution in [-0.4, -0.2) is 57.7 Å². The Balaban J connectivity index is 1.32. The molecule has 0 radical (unpaired) electrons. The van der Waals surface area contributed by atoms with Crippen molar-refractivity contribution in [3.05, 3.63) is 53.9 Å². The third-order valence-electron chi connectivity index (χ3n) is 5.88. The van der Waals surface area contributed by atoms with Crippen LogP contribution in [0.15, 0.2) is 42.7 Å². The Morgan fingerprint density at radius 2 is 1.88 bits per heavy atom. The van der Waals surface area contributed by atoms with Crippen LogP contribution in [-0.2, 0) is 17.6 Å². The van der Waals surface area contributed by atoms with Crippen LogP contribution in [0.3, 0.4) is 0 Å². The number of carbonyl (C=O) groups is 1. The van der Waals surface area contributed by atoms with Crippen molar-refractivity contribution in [2.24, 2.45) is 0 Å². The van der Waals surface area contributed by atoms with Gasteiger partial charge in [-0.2, -0.15) is 5.10 Å². The molecule has 1 unspecified atom stereocenters. The molecule has 2 aromatic rings. The fourth-order valence-electron chi connectivity index (χ4n) is 4.36. The van der Waals surface area contributed by atoms with E-state index in [1.54, 1.807) is 6.20 Å². The van der Waals surface area contributed by atoms with Gasteiger partial charge >= 0.3 is 0 Å². The van der Waals surface area contributed by atoms with Crippen LogP contribution in [0.5, 0.6) is 0 Å². The van der Waals surface area contributed by atoms with Crippen molar-refractivity contribution in [3.8, 4) is 0 Å². The number of hydrogen-bond donors (Lipinski definition) is 0. The molecule has 1 amide bonds. The molecule has 1 aliphatic carbocycles. The van der Waals surface area contributed by atoms with Crippen molar-refractivity contribution in [3.63, 3.8) is 0 Å². The highest BCUT2D eigenvalue weighted by Crippen LogP contribution is 2.26. The lowest BCUT2D eigenvalue weighted by atomic mass is 10.1. The molecule has 2 aliphatic rings. The van der Waals surface area contributed by atoms with Crippen molar-refractivity contribution in [1.29, 1.82) is 0 Å². The van der Waals surface area contributed by atoms with Crippen LogP contribution in [0.25, 0.3) is 0 Å². The average Bonchev–Trinajstić information content (AvgIpc) is 3.26. The van der Waals surface area contributed by atoms with Gasteiger partial charge in [-0.15, -0.1) is 0 Å². The molecule has 1 aromatic heterocycles. The van der Waals surface area contributed by atoms with E-state index < -0.39 is 0 Å². The predicted molar refractivity (Wildman–Crippen MR) is 102 cm³/mol. The highest BCUT2D eigenvalue weighted by atomic mass is 16.2. The number of aromatic nitrogens is 2. The molecule has 1 fully saturated rings. The second kappa shape index (κ2) is 7.62. The van der Waals surface area contributed by atoms with E-state index in [2.05, 4.69) is 46.1 Å². The van der Waals surface area contributed by atoms with Crippen LogP contribution in [0.4, 0.5) is 0 Å². The molecule has 5 nitrogen and oxygen atoms in total. The Hall–Kier alpha value is -2.14. The molecule has 4 rings (SSSR count). The summed E-state index contributed by atoms with van der Waals surface area (Å²) in [7, 11) is 0. The fourth-order valence-corrected chi connectivity index (χ4v) is 4.36. The standard InChI is InChI=1S/C21H28N4O/c1-17(25-11-4-8-22-25)14-21(26)24-10-5-9-23(12-13-24)20-15-18-6-2-3-7-19(18)16-20/h2-4,6-8,11,17,20H,5,9-10,12-16H2,1H3. The summed E-state index contributed by atoms with van der Waals surface area (Å²) in [5.41, 5.74) is 3.01. The summed E-state index contributed by atoms with van der Waals surface area (Å²) in [6.45, 7) is 5.86. The molecule has 0 spiro atoms. The van der Waals surface area contributed by atoms with Gasteiger partial charge in [-0.3, -0.25) is 14.4 Å². The lowest BCUT2D eigenvalue weighted by Gasteiger charge is -2.27. The third-order valence-corrected chi connectivity index (χ3v) is 5.88. The second-order valence-corrected chi connectivity index (χ2v) is 7.64. The summed E-state index contributed by atoms with van der Waals surface area (Å²) in [5.74, 6) is 0.254. The zero-order chi connectivity index (χ0) is 17.9. The van der Waals surface area contributed by atoms with Crippen LogP contribution in [0.1, 0.15) is 36.9 Å². The molecule has 0 saturated carbocycles. The average molecular weight is 352 g/mol. The predicted octanol–water partition coefficient (Wildman–Crippen LogP) is 2.54. The molecule has 0 bridgehead atoms. The van der Waals surface area contributed by atoms with E-state index in [-0.39, 0.29) is 11.9 Å². The zero-order valence-electron chi connectivity index (χ0n) is 15.6. The normalized spacial score (nSPS) is 20.0. The van der Waals surface area contributed by atoms with Crippen molar-refractivity contribution in [2.45, 2.75) is 44.7 Å². The number of carbonyl (C=O) groups excluding carboxylic acids is 1. The SMILES string of the molecule is CC(CC(=O)N1CCCN(C2Cc3ccccc3C2)CC1)n1cccn1. The Morgan fingerprint density at radius 3 is 2.58 bits per heavy atom. The van der Waals surface area contributed by atoms with Crippen molar-refractivity contribution in [1.82, 2.24) is 19.6 Å². The Kier molecular flexibility index (Phi) is 5.07. The smallest absolute Gasteiger partial charge is 0.224 e. The highest BCUT2D eigenvalue weighted by Gasteiger charge is 2.29. The van der Waals surface area contributed by atoms with Gasteiger partial charge in [0.05, 0.1) is 6.04 Å². The monoisotopic (exact) mass is 352 g/mol. The molecular formula is C21H28N4O. The number of rotatable bonds is 4. The van der Waals surface area contributed by atoms with E-state index in [1.807, 2.05) is 16.9 Å². The summed E-state index contributed by atoms with van der Waals surface area (Å²) >= 11 is 0. The molecule has 1 saturated heterocycles. The minimum Gasteiger partial charge on any atom is -0.341 e. The molecular weight excluding hydrogens is 324 g/mol. The summed E-state index contributed by atoms with van der Waals surface area (Å²) in [6.07, 6.45) is 7.59. The largest absolute Gasteiger partial charge is 0.341 e. The lowest BCUT2D eigenvalue weighted by Crippen LogP contribution is -2.40. The van der Waals surface area contributed by atoms with Crippen LogP contribution >= 0.6 is 0 Å². The van der Waals surface area contributed by atoms with Crippen LogP contribution in [0.2, 0.25) is 0 Å². The summed E-state index contributed by atoms with van der Waals surface area (Å²) in [5, 5.41) is 4.25. The molecule has 1 aromatic carbocycles. The number of amides is 1. The Morgan fingerprint density at radius 1 is 1.12 bits per heavy atom. The topological polar surface area (TPSA) is 41.4 Å². The number of benzene rings is 1. The number of fused-ring (bicyclic) bond motifs is 1. The van der Waals surface area contributed by atoms with E-state index >= 15 is 0 Å². The van der Waals surface area contributed by atoms with Gasteiger partial charge in [-0.05, 0) is 43.4 Å². The van der Waals surface area contributed by atoms with Crippen molar-refractivity contribution < 1.29 is 4.79 Å². The molecule has 5 heteroatoms. The van der Waals surface area contributed by atoms with Crippen molar-refractivity contribution >= 4 is 5.91 Å². The van der Waals surface area contributed by atoms with Crippen LogP contribution < -0.4 is 0 Å². The number of nitrogens with zero attached hydrogens (tertiary/aromatic N) is 4. The zero-order valence-corrected chi connectivity index (χ0v) is 15.6. The molecule has 138 valence electrons. The third kappa shape index (κ3) is 3.68. The summed E-state index contributed by atoms with van der Waals surface area (Å²) < 4.78 is 1.87. The summed E-state index contributed by atoms with van der Waals surface area (Å²) in [4.78, 5) is 17.4. The minimum absolute atomic E-state index is 0.112. The van der Waals surface area contributed by atoms with Gasteiger partial charge < -0.3 is 4.90 Å². The maximum absolute atomic E-state index is 12.7. The molecule has 1 aliphatic heterocycles. The van der Waals surface area contributed by atoms with E-state index in [9.17, 15) is 4.79 Å². The van der Waals surface area contributed by atoms with Crippen LogP contribution in [0, 0.1) is 0 Å². The Labute approximate surface area is 155 Å². The van der Waals surface area contributed by atoms with E-state index in [0.29, 0.717) is 12.5 Å². The summed E-state index contributed by atoms with van der Waals surface area (Å²) in [6, 6.07) is 11.4. The van der Waals surface area contributed by atoms with Gasteiger partial charge in [0.15, 0.2) is 0 Å². The molecule has 0 N–H and O–H groups in total. The van der Waals surface area contributed by atoms with Gasteiger partial charge in [0.1, 0.15) is 0 Å². The minimum atomic E-state index is 0.112. The van der Waals surface area contributed by atoms with Gasteiger partial charge in [-0.1, -0.05) is 24.3 Å². The lowest BCUT2D eigenvalue weighted by molar-refractivity contribution is -0.131. The van der Waals surface area contributed by atoms with Gasteiger partial charge in [0.25, 0.3) is 0 Å². The molecule has 2 heterocycles. The maximum atomic E-state index is 12.7. The Bertz CT molecular complexity index is 717. The molecule has 26 heavy (non-hydrogen) atoms. The first-order valence-corrected chi connectivity index (χ1v) is 9.78. The van der Waals surface area contributed by atoms with Gasteiger partial charge in [0, 0.05) is 51.0 Å². The van der Waals surface area contributed by atoms with E-state index in [0.717, 1.165) is 45.4 Å². The van der Waals surface area contributed by atoms with Crippen molar-refractivity contribution in [2.75, 3.05) is 26.2 Å². The first-order chi connectivity index (χ1) is 12.7. The first kappa shape index (κ1) is 17.3. The quantitative estimate of drug-likeness (QED) is 0.849. The second-order valence-electron chi connectivity index (χ2n) is 7.64. The maximum Gasteiger partial charge on any atom is 0.224 e. The van der Waals surface area contributed by atoms with Gasteiger partial charge in [-0.25, -0.2) is 0 Å².